The molecule has 0 spiro atoms. The molecule has 0 unspecified atom stereocenters. The summed E-state index contributed by atoms with van der Waals surface area (Å²) in [7, 11) is 0. The SMILES string of the molecule is Cc1ccc(/C=N/NC(=O)c2cccc(Br)c2)c(C)c1. The van der Waals surface area contributed by atoms with Crippen molar-refractivity contribution in [3.8, 4) is 0 Å². The number of halogens is 1. The fourth-order valence-electron chi connectivity index (χ4n) is 1.83. The number of hydrogen-bond donors (Lipinski definition) is 1. The molecule has 0 aliphatic carbocycles. The first-order valence-corrected chi connectivity index (χ1v) is 7.02. The molecule has 0 heterocycles. The molecular formula is C16H15BrN2O. The maximum absolute atomic E-state index is 11.9. The number of hydrazone groups is 1. The van der Waals surface area contributed by atoms with Crippen LogP contribution in [0.3, 0.4) is 0 Å². The summed E-state index contributed by atoms with van der Waals surface area (Å²) in [5, 5.41) is 4.00. The summed E-state index contributed by atoms with van der Waals surface area (Å²) in [6.07, 6.45) is 1.66. The first-order chi connectivity index (χ1) is 9.56. The van der Waals surface area contributed by atoms with E-state index in [1.54, 1.807) is 18.3 Å². The monoisotopic (exact) mass is 330 g/mol. The quantitative estimate of drug-likeness (QED) is 0.674. The van der Waals surface area contributed by atoms with E-state index in [0.717, 1.165) is 15.6 Å². The summed E-state index contributed by atoms with van der Waals surface area (Å²) in [5.74, 6) is -0.229. The van der Waals surface area contributed by atoms with Gasteiger partial charge in [-0.1, -0.05) is 45.8 Å². The lowest BCUT2D eigenvalue weighted by Crippen LogP contribution is -2.17. The number of amides is 1. The molecule has 2 rings (SSSR count). The van der Waals surface area contributed by atoms with E-state index >= 15 is 0 Å². The van der Waals surface area contributed by atoms with Crippen molar-refractivity contribution >= 4 is 28.1 Å². The highest BCUT2D eigenvalue weighted by Crippen LogP contribution is 2.11. The lowest BCUT2D eigenvalue weighted by molar-refractivity contribution is 0.0955. The number of aryl methyl sites for hydroxylation is 2. The fraction of sp³-hybridized carbons (Fsp3) is 0.125. The minimum absolute atomic E-state index is 0.229. The summed E-state index contributed by atoms with van der Waals surface area (Å²) in [4.78, 5) is 11.9. The average Bonchev–Trinajstić information content (AvgIpc) is 2.41. The minimum Gasteiger partial charge on any atom is -0.267 e. The van der Waals surface area contributed by atoms with Crippen molar-refractivity contribution in [3.05, 3.63) is 69.2 Å². The van der Waals surface area contributed by atoms with Gasteiger partial charge in [0, 0.05) is 10.0 Å². The van der Waals surface area contributed by atoms with E-state index < -0.39 is 0 Å². The zero-order valence-corrected chi connectivity index (χ0v) is 12.9. The number of hydrogen-bond acceptors (Lipinski definition) is 2. The molecular weight excluding hydrogens is 316 g/mol. The maximum Gasteiger partial charge on any atom is 0.271 e. The van der Waals surface area contributed by atoms with Gasteiger partial charge in [-0.15, -0.1) is 0 Å². The third kappa shape index (κ3) is 3.78. The van der Waals surface area contributed by atoms with Crippen molar-refractivity contribution < 1.29 is 4.79 Å². The molecule has 4 heteroatoms. The number of nitrogens with one attached hydrogen (secondary N) is 1. The molecule has 3 nitrogen and oxygen atoms in total. The predicted octanol–water partition coefficient (Wildman–Crippen LogP) is 3.83. The van der Waals surface area contributed by atoms with Crippen LogP contribution in [0.4, 0.5) is 0 Å². The van der Waals surface area contributed by atoms with E-state index in [9.17, 15) is 4.79 Å². The topological polar surface area (TPSA) is 41.5 Å². The van der Waals surface area contributed by atoms with Crippen LogP contribution in [0.2, 0.25) is 0 Å². The first kappa shape index (κ1) is 14.5. The van der Waals surface area contributed by atoms with Gasteiger partial charge in [-0.05, 0) is 43.2 Å². The third-order valence-corrected chi connectivity index (χ3v) is 3.38. The summed E-state index contributed by atoms with van der Waals surface area (Å²) in [6.45, 7) is 4.06. The van der Waals surface area contributed by atoms with Crippen LogP contribution < -0.4 is 5.43 Å². The Morgan fingerprint density at radius 1 is 1.20 bits per heavy atom. The second-order valence-electron chi connectivity index (χ2n) is 4.57. The Kier molecular flexibility index (Phi) is 4.69. The van der Waals surface area contributed by atoms with Gasteiger partial charge in [-0.25, -0.2) is 5.43 Å². The predicted molar refractivity (Wildman–Crippen MR) is 85.1 cm³/mol. The molecule has 0 atom stereocenters. The second-order valence-corrected chi connectivity index (χ2v) is 5.49. The molecule has 0 saturated heterocycles. The molecule has 0 aliphatic heterocycles. The zero-order chi connectivity index (χ0) is 14.5. The summed E-state index contributed by atoms with van der Waals surface area (Å²) >= 11 is 3.33. The van der Waals surface area contributed by atoms with Crippen molar-refractivity contribution in [3.63, 3.8) is 0 Å². The Morgan fingerprint density at radius 2 is 2.00 bits per heavy atom. The van der Waals surface area contributed by atoms with Gasteiger partial charge in [0.25, 0.3) is 5.91 Å². The molecule has 20 heavy (non-hydrogen) atoms. The molecule has 102 valence electrons. The van der Waals surface area contributed by atoms with Gasteiger partial charge in [-0.3, -0.25) is 4.79 Å². The van der Waals surface area contributed by atoms with Crippen molar-refractivity contribution in [2.75, 3.05) is 0 Å². The van der Waals surface area contributed by atoms with Crippen LogP contribution >= 0.6 is 15.9 Å². The Bertz CT molecular complexity index is 665. The highest BCUT2D eigenvalue weighted by molar-refractivity contribution is 9.10. The van der Waals surface area contributed by atoms with E-state index in [2.05, 4.69) is 32.5 Å². The van der Waals surface area contributed by atoms with E-state index in [4.69, 9.17) is 0 Å². The summed E-state index contributed by atoms with van der Waals surface area (Å²) in [6, 6.07) is 13.3. The lowest BCUT2D eigenvalue weighted by atomic mass is 10.1. The second kappa shape index (κ2) is 6.48. The Hall–Kier alpha value is -1.94. The third-order valence-electron chi connectivity index (χ3n) is 2.88. The molecule has 0 bridgehead atoms. The van der Waals surface area contributed by atoms with Crippen LogP contribution in [0.25, 0.3) is 0 Å². The molecule has 2 aromatic rings. The van der Waals surface area contributed by atoms with Crippen LogP contribution in [0.1, 0.15) is 27.0 Å². The van der Waals surface area contributed by atoms with Crippen molar-refractivity contribution in [2.24, 2.45) is 5.10 Å². The van der Waals surface area contributed by atoms with Gasteiger partial charge in [0.15, 0.2) is 0 Å². The maximum atomic E-state index is 11.9. The van der Waals surface area contributed by atoms with Crippen LogP contribution in [-0.2, 0) is 0 Å². The van der Waals surface area contributed by atoms with Crippen LogP contribution in [0, 0.1) is 13.8 Å². The van der Waals surface area contributed by atoms with Crippen LogP contribution in [-0.4, -0.2) is 12.1 Å². The number of rotatable bonds is 3. The fourth-order valence-corrected chi connectivity index (χ4v) is 2.22. The number of nitrogens with zero attached hydrogens (tertiary/aromatic N) is 1. The molecule has 1 N–H and O–H groups in total. The number of benzene rings is 2. The van der Waals surface area contributed by atoms with E-state index in [1.807, 2.05) is 38.1 Å². The normalized spacial score (nSPS) is 10.8. The molecule has 0 fully saturated rings. The smallest absolute Gasteiger partial charge is 0.267 e. The van der Waals surface area contributed by atoms with Gasteiger partial charge in [0.1, 0.15) is 0 Å². The molecule has 0 aromatic heterocycles. The molecule has 2 aromatic carbocycles. The van der Waals surface area contributed by atoms with Gasteiger partial charge in [0.2, 0.25) is 0 Å². The van der Waals surface area contributed by atoms with Gasteiger partial charge in [-0.2, -0.15) is 5.10 Å². The van der Waals surface area contributed by atoms with Gasteiger partial charge >= 0.3 is 0 Å². The highest BCUT2D eigenvalue weighted by atomic mass is 79.9. The van der Waals surface area contributed by atoms with Crippen molar-refractivity contribution in [2.45, 2.75) is 13.8 Å². The van der Waals surface area contributed by atoms with Crippen LogP contribution in [0.5, 0.6) is 0 Å². The average molecular weight is 331 g/mol. The minimum atomic E-state index is -0.229. The van der Waals surface area contributed by atoms with Crippen molar-refractivity contribution in [1.82, 2.24) is 5.43 Å². The number of carbonyl (C=O) groups is 1. The highest BCUT2D eigenvalue weighted by Gasteiger charge is 2.03. The zero-order valence-electron chi connectivity index (χ0n) is 11.4. The largest absolute Gasteiger partial charge is 0.271 e. The lowest BCUT2D eigenvalue weighted by Gasteiger charge is -2.02. The first-order valence-electron chi connectivity index (χ1n) is 6.22. The van der Waals surface area contributed by atoms with Gasteiger partial charge in [0.05, 0.1) is 6.21 Å². The standard InChI is InChI=1S/C16H15BrN2O/c1-11-6-7-14(12(2)8-11)10-18-19-16(20)13-4-3-5-15(17)9-13/h3-10H,1-2H3,(H,19,20)/b18-10+. The molecule has 1 amide bonds. The molecule has 0 saturated carbocycles. The van der Waals surface area contributed by atoms with Crippen molar-refractivity contribution in [1.29, 1.82) is 0 Å². The molecule has 0 radical (unpaired) electrons. The molecule has 0 aliphatic rings. The Morgan fingerprint density at radius 3 is 2.70 bits per heavy atom. The Balaban J connectivity index is 2.04. The van der Waals surface area contributed by atoms with E-state index in [0.29, 0.717) is 5.56 Å². The van der Waals surface area contributed by atoms with E-state index in [-0.39, 0.29) is 5.91 Å². The van der Waals surface area contributed by atoms with E-state index in [1.165, 1.54) is 5.56 Å². The summed E-state index contributed by atoms with van der Waals surface area (Å²) in [5.41, 5.74) is 6.42. The van der Waals surface area contributed by atoms with Gasteiger partial charge < -0.3 is 0 Å². The number of carbonyl (C=O) groups excluding carboxylic acids is 1. The van der Waals surface area contributed by atoms with Crippen LogP contribution in [0.15, 0.2) is 52.0 Å². The Labute approximate surface area is 126 Å². The summed E-state index contributed by atoms with van der Waals surface area (Å²) < 4.78 is 0.864.